The number of methoxy groups -OCH3 is 1. The van der Waals surface area contributed by atoms with Gasteiger partial charge in [0, 0.05) is 13.1 Å². The quantitative estimate of drug-likeness (QED) is 0.720. The molecule has 0 saturated heterocycles. The second kappa shape index (κ2) is 6.91. The lowest BCUT2D eigenvalue weighted by Crippen LogP contribution is -2.39. The Balaban J connectivity index is 1.78. The van der Waals surface area contributed by atoms with Crippen molar-refractivity contribution in [3.05, 3.63) is 44.4 Å². The Kier molecular flexibility index (Phi) is 4.42. The van der Waals surface area contributed by atoms with Gasteiger partial charge in [0.2, 0.25) is 12.5 Å². The summed E-state index contributed by atoms with van der Waals surface area (Å²) in [7, 11) is 1.56. The molecule has 3 heterocycles. The fourth-order valence-corrected chi connectivity index (χ4v) is 3.25. The Hall–Kier alpha value is -3.49. The lowest BCUT2D eigenvalue weighted by Gasteiger charge is -2.06. The van der Waals surface area contributed by atoms with Crippen LogP contribution in [0.1, 0.15) is 25.2 Å². The van der Waals surface area contributed by atoms with Gasteiger partial charge in [-0.3, -0.25) is 13.9 Å². The molecule has 9 nitrogen and oxygen atoms in total. The maximum Gasteiger partial charge on any atom is 0.332 e. The third-order valence-electron chi connectivity index (χ3n) is 4.63. The minimum absolute atomic E-state index is 0.153. The summed E-state index contributed by atoms with van der Waals surface area (Å²) < 4.78 is 18.8. The molecular formula is C19H20N4O5. The minimum atomic E-state index is -0.371. The molecule has 0 unspecified atom stereocenters. The predicted molar refractivity (Wildman–Crippen MR) is 104 cm³/mol. The topological polar surface area (TPSA) is 100 Å². The molecule has 0 atom stereocenters. The maximum absolute atomic E-state index is 12.6. The van der Waals surface area contributed by atoms with Gasteiger partial charge in [-0.25, -0.2) is 9.78 Å². The molecule has 1 N–H and O–H groups in total. The number of aromatic amines is 1. The number of hydrogen-bond acceptors (Lipinski definition) is 6. The van der Waals surface area contributed by atoms with Gasteiger partial charge in [0.15, 0.2) is 17.1 Å². The Labute approximate surface area is 159 Å². The summed E-state index contributed by atoms with van der Waals surface area (Å²) in [6, 6.07) is 3.65. The summed E-state index contributed by atoms with van der Waals surface area (Å²) in [6.45, 7) is 4.48. The molecule has 0 spiro atoms. The number of rotatable bonds is 5. The number of fused-ring (bicyclic) bond motifs is 2. The van der Waals surface area contributed by atoms with Crippen LogP contribution in [0.5, 0.6) is 17.2 Å². The van der Waals surface area contributed by atoms with Gasteiger partial charge in [-0.1, -0.05) is 6.08 Å². The van der Waals surface area contributed by atoms with Gasteiger partial charge in [-0.05, 0) is 37.6 Å². The summed E-state index contributed by atoms with van der Waals surface area (Å²) in [4.78, 5) is 32.4. The normalized spacial score (nSPS) is 13.0. The van der Waals surface area contributed by atoms with Crippen LogP contribution in [0.4, 0.5) is 0 Å². The van der Waals surface area contributed by atoms with Crippen molar-refractivity contribution in [3.63, 3.8) is 0 Å². The summed E-state index contributed by atoms with van der Waals surface area (Å²) in [5.74, 6) is 2.23. The molecule has 9 heteroatoms. The number of nitrogens with one attached hydrogen (secondary N) is 1. The summed E-state index contributed by atoms with van der Waals surface area (Å²) in [5, 5.41) is 0. The Morgan fingerprint density at radius 2 is 1.96 bits per heavy atom. The van der Waals surface area contributed by atoms with Crippen molar-refractivity contribution >= 4 is 23.3 Å². The summed E-state index contributed by atoms with van der Waals surface area (Å²) in [6.07, 6.45) is 3.55. The van der Waals surface area contributed by atoms with Crippen molar-refractivity contribution in [2.45, 2.75) is 26.9 Å². The molecule has 0 aliphatic carbocycles. The van der Waals surface area contributed by atoms with Gasteiger partial charge in [0.1, 0.15) is 11.3 Å². The molecule has 1 aromatic carbocycles. The molecule has 1 aliphatic heterocycles. The van der Waals surface area contributed by atoms with Crippen LogP contribution in [0, 0.1) is 0 Å². The fraction of sp³-hybridized carbons (Fsp3) is 0.316. The minimum Gasteiger partial charge on any atom is -0.493 e. The van der Waals surface area contributed by atoms with Crippen LogP contribution in [0.3, 0.4) is 0 Å². The highest BCUT2D eigenvalue weighted by molar-refractivity contribution is 5.76. The van der Waals surface area contributed by atoms with E-state index in [1.54, 1.807) is 20.1 Å². The number of ether oxygens (including phenoxy) is 3. The van der Waals surface area contributed by atoms with E-state index < -0.39 is 0 Å². The lowest BCUT2D eigenvalue weighted by atomic mass is 10.1. The zero-order valence-corrected chi connectivity index (χ0v) is 15.8. The Morgan fingerprint density at radius 3 is 2.68 bits per heavy atom. The van der Waals surface area contributed by atoms with Gasteiger partial charge in [0.25, 0.3) is 5.56 Å². The van der Waals surface area contributed by atoms with Gasteiger partial charge < -0.3 is 19.2 Å². The lowest BCUT2D eigenvalue weighted by molar-refractivity contribution is 0.171. The van der Waals surface area contributed by atoms with E-state index in [1.807, 2.05) is 25.1 Å². The van der Waals surface area contributed by atoms with E-state index in [-0.39, 0.29) is 18.0 Å². The van der Waals surface area contributed by atoms with E-state index >= 15 is 0 Å². The van der Waals surface area contributed by atoms with E-state index in [9.17, 15) is 9.59 Å². The van der Waals surface area contributed by atoms with E-state index in [0.717, 1.165) is 5.56 Å². The van der Waals surface area contributed by atoms with E-state index in [1.165, 1.54) is 9.13 Å². The smallest absolute Gasteiger partial charge is 0.332 e. The number of nitrogens with zero attached hydrogens (tertiary/aromatic N) is 3. The van der Waals surface area contributed by atoms with Crippen molar-refractivity contribution in [1.82, 2.24) is 19.1 Å². The number of hydrogen-bond donors (Lipinski definition) is 1. The molecular weight excluding hydrogens is 364 g/mol. The monoisotopic (exact) mass is 384 g/mol. The average Bonchev–Trinajstić information content (AvgIpc) is 3.33. The van der Waals surface area contributed by atoms with Crippen LogP contribution in [0.15, 0.2) is 21.7 Å². The van der Waals surface area contributed by atoms with Crippen LogP contribution in [0.2, 0.25) is 0 Å². The van der Waals surface area contributed by atoms with Gasteiger partial charge in [-0.15, -0.1) is 0 Å². The molecule has 2 aromatic heterocycles. The molecule has 0 bridgehead atoms. The van der Waals surface area contributed by atoms with Crippen molar-refractivity contribution in [2.75, 3.05) is 13.9 Å². The van der Waals surface area contributed by atoms with Crippen molar-refractivity contribution in [1.29, 1.82) is 0 Å². The summed E-state index contributed by atoms with van der Waals surface area (Å²) >= 11 is 0. The largest absolute Gasteiger partial charge is 0.493 e. The third kappa shape index (κ3) is 2.75. The molecule has 3 aromatic rings. The molecule has 28 heavy (non-hydrogen) atoms. The second-order valence-electron chi connectivity index (χ2n) is 6.19. The highest BCUT2D eigenvalue weighted by Gasteiger charge is 2.19. The van der Waals surface area contributed by atoms with E-state index in [4.69, 9.17) is 14.2 Å². The molecule has 4 rings (SSSR count). The summed E-state index contributed by atoms with van der Waals surface area (Å²) in [5.41, 5.74) is 0.755. The van der Waals surface area contributed by atoms with E-state index in [2.05, 4.69) is 9.97 Å². The zero-order valence-electron chi connectivity index (χ0n) is 15.8. The first kappa shape index (κ1) is 17.9. The molecule has 0 fully saturated rings. The molecule has 1 aliphatic rings. The Bertz CT molecular complexity index is 1200. The molecule has 0 saturated carbocycles. The van der Waals surface area contributed by atoms with Gasteiger partial charge in [-0.2, -0.15) is 0 Å². The second-order valence-corrected chi connectivity index (χ2v) is 6.19. The third-order valence-corrected chi connectivity index (χ3v) is 4.63. The predicted octanol–water partition coefficient (Wildman–Crippen LogP) is 1.83. The average molecular weight is 384 g/mol. The highest BCUT2D eigenvalue weighted by Crippen LogP contribution is 2.42. The van der Waals surface area contributed by atoms with Crippen molar-refractivity contribution in [3.8, 4) is 17.2 Å². The van der Waals surface area contributed by atoms with Gasteiger partial charge >= 0.3 is 5.69 Å². The van der Waals surface area contributed by atoms with Crippen molar-refractivity contribution in [2.24, 2.45) is 0 Å². The molecule has 0 amide bonds. The number of aromatic nitrogens is 4. The van der Waals surface area contributed by atoms with Crippen LogP contribution in [-0.2, 0) is 13.1 Å². The SMILES string of the molecule is CCn1c(=O)c2[nH]c(/C=C/c3cc(OC)c4c(c3)OCO4)nc2n(CC)c1=O. The zero-order chi connectivity index (χ0) is 19.8. The van der Waals surface area contributed by atoms with Crippen LogP contribution in [0.25, 0.3) is 23.3 Å². The van der Waals surface area contributed by atoms with Crippen LogP contribution in [-0.4, -0.2) is 33.0 Å². The first-order valence-corrected chi connectivity index (χ1v) is 8.96. The van der Waals surface area contributed by atoms with E-state index in [0.29, 0.717) is 47.3 Å². The maximum atomic E-state index is 12.6. The fourth-order valence-electron chi connectivity index (χ4n) is 3.25. The number of benzene rings is 1. The molecule has 0 radical (unpaired) electrons. The first-order chi connectivity index (χ1) is 13.6. The number of imidazole rings is 1. The Morgan fingerprint density at radius 1 is 1.18 bits per heavy atom. The highest BCUT2D eigenvalue weighted by atomic mass is 16.7. The number of aryl methyl sites for hydroxylation is 1. The first-order valence-electron chi connectivity index (χ1n) is 8.96. The van der Waals surface area contributed by atoms with Crippen LogP contribution < -0.4 is 25.5 Å². The standard InChI is InChI=1S/C19H20N4O5/c1-4-22-17-15(18(24)23(5-2)19(22)25)20-14(21-17)7-6-11-8-12(26-3)16-13(9-11)27-10-28-16/h6-9H,4-5,10H2,1-3H3,(H,20,21)/b7-6+. The van der Waals surface area contributed by atoms with Gasteiger partial charge in [0.05, 0.1) is 7.11 Å². The van der Waals surface area contributed by atoms with Crippen molar-refractivity contribution < 1.29 is 14.2 Å². The number of H-pyrrole nitrogens is 1. The van der Waals surface area contributed by atoms with Crippen LogP contribution >= 0.6 is 0 Å². The molecule has 146 valence electrons.